The molecule has 0 N–H and O–H groups in total. The SMILES string of the molecule is C[N+]1=C(c2ccccc2)OCC1(C)C. The van der Waals surface area contributed by atoms with Crippen molar-refractivity contribution >= 4 is 5.90 Å². The molecule has 0 fully saturated rings. The predicted octanol–water partition coefficient (Wildman–Crippen LogP) is 1.88. The molecule has 74 valence electrons. The molecule has 2 rings (SSSR count). The summed E-state index contributed by atoms with van der Waals surface area (Å²) in [4.78, 5) is 0. The summed E-state index contributed by atoms with van der Waals surface area (Å²) in [7, 11) is 2.08. The summed E-state index contributed by atoms with van der Waals surface area (Å²) in [6, 6.07) is 10.2. The second-order valence-corrected chi connectivity index (χ2v) is 4.33. The lowest BCUT2D eigenvalue weighted by atomic mass is 10.1. The van der Waals surface area contributed by atoms with E-state index in [1.54, 1.807) is 0 Å². The van der Waals surface area contributed by atoms with Crippen LogP contribution in [0.4, 0.5) is 0 Å². The summed E-state index contributed by atoms with van der Waals surface area (Å²) in [6.45, 7) is 5.12. The quantitative estimate of drug-likeness (QED) is 0.616. The minimum atomic E-state index is 0.102. The first kappa shape index (κ1) is 9.25. The van der Waals surface area contributed by atoms with Crippen LogP contribution in [0.2, 0.25) is 0 Å². The fourth-order valence-electron chi connectivity index (χ4n) is 1.57. The van der Waals surface area contributed by atoms with E-state index in [2.05, 4.69) is 37.6 Å². The Balaban J connectivity index is 2.42. The monoisotopic (exact) mass is 190 g/mol. The molecule has 0 bridgehead atoms. The van der Waals surface area contributed by atoms with Crippen molar-refractivity contribution in [2.24, 2.45) is 0 Å². The van der Waals surface area contributed by atoms with Gasteiger partial charge in [0.2, 0.25) is 0 Å². The maximum atomic E-state index is 5.71. The van der Waals surface area contributed by atoms with E-state index in [0.717, 1.165) is 18.1 Å². The van der Waals surface area contributed by atoms with Crippen molar-refractivity contribution in [3.05, 3.63) is 35.9 Å². The van der Waals surface area contributed by atoms with Gasteiger partial charge in [-0.2, -0.15) is 4.58 Å². The average Bonchev–Trinajstić information content (AvgIpc) is 2.44. The van der Waals surface area contributed by atoms with E-state index in [9.17, 15) is 0 Å². The van der Waals surface area contributed by atoms with Gasteiger partial charge in [0.15, 0.2) is 12.1 Å². The zero-order valence-electron chi connectivity index (χ0n) is 8.95. The molecule has 0 amide bonds. The van der Waals surface area contributed by atoms with Gasteiger partial charge >= 0.3 is 5.90 Å². The highest BCUT2D eigenvalue weighted by atomic mass is 16.5. The van der Waals surface area contributed by atoms with E-state index in [4.69, 9.17) is 4.74 Å². The molecule has 1 heterocycles. The molecule has 0 radical (unpaired) electrons. The number of ether oxygens (including phenoxy) is 1. The van der Waals surface area contributed by atoms with E-state index < -0.39 is 0 Å². The molecule has 0 aliphatic carbocycles. The van der Waals surface area contributed by atoms with Gasteiger partial charge in [-0.3, -0.25) is 0 Å². The number of benzene rings is 1. The third-order valence-corrected chi connectivity index (χ3v) is 2.80. The Morgan fingerprint density at radius 3 is 2.36 bits per heavy atom. The molecule has 2 heteroatoms. The summed E-state index contributed by atoms with van der Waals surface area (Å²) < 4.78 is 7.91. The zero-order chi connectivity index (χ0) is 10.2. The molecule has 14 heavy (non-hydrogen) atoms. The molecular formula is C12H16NO+. The Kier molecular flexibility index (Phi) is 2.06. The van der Waals surface area contributed by atoms with E-state index in [1.807, 2.05) is 18.2 Å². The molecule has 1 aromatic carbocycles. The van der Waals surface area contributed by atoms with Crippen LogP contribution < -0.4 is 0 Å². The van der Waals surface area contributed by atoms with Crippen LogP contribution in [0.15, 0.2) is 30.3 Å². The van der Waals surface area contributed by atoms with Crippen LogP contribution in [0.5, 0.6) is 0 Å². The number of hydrogen-bond donors (Lipinski definition) is 0. The van der Waals surface area contributed by atoms with Crippen LogP contribution in [0.3, 0.4) is 0 Å². The molecule has 0 saturated carbocycles. The van der Waals surface area contributed by atoms with Crippen molar-refractivity contribution < 1.29 is 9.31 Å². The Labute approximate surface area is 84.8 Å². The van der Waals surface area contributed by atoms with Crippen molar-refractivity contribution in [2.45, 2.75) is 19.4 Å². The van der Waals surface area contributed by atoms with Crippen molar-refractivity contribution in [1.82, 2.24) is 0 Å². The highest BCUT2D eigenvalue weighted by Gasteiger charge is 2.39. The highest BCUT2D eigenvalue weighted by Crippen LogP contribution is 2.18. The standard InChI is InChI=1S/C12H16NO/c1-12(2)9-14-11(13(12)3)10-7-5-4-6-8-10/h4-8H,9H2,1-3H3/q+1. The first-order valence-electron chi connectivity index (χ1n) is 4.90. The van der Waals surface area contributed by atoms with Gasteiger partial charge in [-0.25, -0.2) is 0 Å². The normalized spacial score (nSPS) is 19.6. The topological polar surface area (TPSA) is 12.2 Å². The van der Waals surface area contributed by atoms with Crippen molar-refractivity contribution in [3.63, 3.8) is 0 Å². The van der Waals surface area contributed by atoms with Crippen LogP contribution in [-0.2, 0) is 4.74 Å². The molecule has 0 unspecified atom stereocenters. The van der Waals surface area contributed by atoms with Crippen LogP contribution >= 0.6 is 0 Å². The fourth-order valence-corrected chi connectivity index (χ4v) is 1.57. The van der Waals surface area contributed by atoms with Gasteiger partial charge in [-0.05, 0) is 12.1 Å². The molecule has 0 atom stereocenters. The summed E-state index contributed by atoms with van der Waals surface area (Å²) in [5, 5.41) is 0. The number of rotatable bonds is 1. The summed E-state index contributed by atoms with van der Waals surface area (Å²) in [5.74, 6) is 0.982. The Hall–Kier alpha value is -1.31. The minimum absolute atomic E-state index is 0.102. The average molecular weight is 190 g/mol. The number of nitrogens with zero attached hydrogens (tertiary/aromatic N) is 1. The molecule has 1 aromatic rings. The summed E-state index contributed by atoms with van der Waals surface area (Å²) in [6.07, 6.45) is 0. The lowest BCUT2D eigenvalue weighted by Gasteiger charge is -2.09. The van der Waals surface area contributed by atoms with Crippen LogP contribution in [0.25, 0.3) is 0 Å². The maximum Gasteiger partial charge on any atom is 0.370 e. The molecule has 1 aliphatic rings. The summed E-state index contributed by atoms with van der Waals surface area (Å²) in [5.41, 5.74) is 1.26. The van der Waals surface area contributed by atoms with E-state index in [0.29, 0.717) is 0 Å². The van der Waals surface area contributed by atoms with Crippen molar-refractivity contribution in [1.29, 1.82) is 0 Å². The van der Waals surface area contributed by atoms with Gasteiger partial charge in [0.1, 0.15) is 7.05 Å². The zero-order valence-corrected chi connectivity index (χ0v) is 8.95. The molecule has 1 aliphatic heterocycles. The third-order valence-electron chi connectivity index (χ3n) is 2.80. The van der Waals surface area contributed by atoms with Crippen LogP contribution in [0, 0.1) is 0 Å². The van der Waals surface area contributed by atoms with E-state index in [-0.39, 0.29) is 5.54 Å². The molecule has 0 aromatic heterocycles. The second-order valence-electron chi connectivity index (χ2n) is 4.33. The Morgan fingerprint density at radius 2 is 1.86 bits per heavy atom. The van der Waals surface area contributed by atoms with Gasteiger partial charge in [-0.1, -0.05) is 18.2 Å². The smallest absolute Gasteiger partial charge is 0.370 e. The lowest BCUT2D eigenvalue weighted by molar-refractivity contribution is -0.562. The maximum absolute atomic E-state index is 5.71. The lowest BCUT2D eigenvalue weighted by Crippen LogP contribution is -2.33. The first-order chi connectivity index (χ1) is 6.61. The Bertz CT molecular complexity index is 365. The van der Waals surface area contributed by atoms with Crippen molar-refractivity contribution in [2.75, 3.05) is 13.7 Å². The molecule has 0 saturated heterocycles. The third kappa shape index (κ3) is 1.41. The number of hydrogen-bond acceptors (Lipinski definition) is 1. The molecular weight excluding hydrogens is 174 g/mol. The summed E-state index contributed by atoms with van der Waals surface area (Å²) >= 11 is 0. The highest BCUT2D eigenvalue weighted by molar-refractivity contribution is 5.90. The van der Waals surface area contributed by atoms with E-state index in [1.165, 1.54) is 0 Å². The van der Waals surface area contributed by atoms with E-state index >= 15 is 0 Å². The van der Waals surface area contributed by atoms with Gasteiger partial charge in [0.05, 0.1) is 5.56 Å². The van der Waals surface area contributed by atoms with Gasteiger partial charge in [0, 0.05) is 13.8 Å². The fraction of sp³-hybridized carbons (Fsp3) is 0.417. The van der Waals surface area contributed by atoms with Crippen LogP contribution in [-0.4, -0.2) is 29.7 Å². The number of likely N-dealkylation sites (N-methyl/N-ethyl adjacent to an activating group) is 1. The molecule has 2 nitrogen and oxygen atoms in total. The minimum Gasteiger partial charge on any atom is -0.437 e. The Morgan fingerprint density at radius 1 is 1.21 bits per heavy atom. The predicted molar refractivity (Wildman–Crippen MR) is 56.8 cm³/mol. The van der Waals surface area contributed by atoms with Gasteiger partial charge in [-0.15, -0.1) is 0 Å². The second kappa shape index (κ2) is 3.12. The van der Waals surface area contributed by atoms with Crippen LogP contribution in [0.1, 0.15) is 19.4 Å². The first-order valence-corrected chi connectivity index (χ1v) is 4.90. The van der Waals surface area contributed by atoms with Gasteiger partial charge in [0.25, 0.3) is 0 Å². The van der Waals surface area contributed by atoms with Crippen molar-refractivity contribution in [3.8, 4) is 0 Å². The molecule has 0 spiro atoms. The largest absolute Gasteiger partial charge is 0.437 e. The van der Waals surface area contributed by atoms with Gasteiger partial charge < -0.3 is 4.74 Å².